The fourth-order valence-electron chi connectivity index (χ4n) is 2.02. The maximum atomic E-state index is 14.3. The minimum Gasteiger partial charge on any atom is -0.423 e. The van der Waals surface area contributed by atoms with Crippen molar-refractivity contribution in [3.8, 4) is 18.1 Å². The molecule has 2 nitrogen and oxygen atoms in total. The van der Waals surface area contributed by atoms with Crippen LogP contribution in [0.5, 0.6) is 5.75 Å². The fraction of sp³-hybridized carbons (Fsp3) is 0.350. The van der Waals surface area contributed by atoms with Crippen LogP contribution in [0.2, 0.25) is 0 Å². The van der Waals surface area contributed by atoms with Gasteiger partial charge in [0.15, 0.2) is 0 Å². The molecule has 0 fully saturated rings. The summed E-state index contributed by atoms with van der Waals surface area (Å²) in [4.78, 5) is 12.0. The summed E-state index contributed by atoms with van der Waals surface area (Å²) in [6.45, 7) is 5.32. The Labute approximate surface area is 142 Å². The molecule has 128 valence electrons. The van der Waals surface area contributed by atoms with E-state index in [-0.39, 0.29) is 17.2 Å². The molecule has 1 rings (SSSR count). The third-order valence-corrected chi connectivity index (χ3v) is 3.66. The first-order chi connectivity index (χ1) is 11.4. The van der Waals surface area contributed by atoms with Crippen molar-refractivity contribution in [3.05, 3.63) is 53.1 Å². The third kappa shape index (κ3) is 6.00. The molecule has 0 aromatic heterocycles. The highest BCUT2D eigenvalue weighted by Crippen LogP contribution is 2.21. The van der Waals surface area contributed by atoms with Gasteiger partial charge in [-0.05, 0) is 49.6 Å². The number of carbonyl (C=O) groups is 1. The van der Waals surface area contributed by atoms with Crippen LogP contribution in [0.4, 0.5) is 8.78 Å². The molecule has 0 spiro atoms. The van der Waals surface area contributed by atoms with Gasteiger partial charge in [-0.2, -0.15) is 0 Å². The van der Waals surface area contributed by atoms with E-state index in [1.807, 2.05) is 6.92 Å². The van der Waals surface area contributed by atoms with Crippen LogP contribution in [0.15, 0.2) is 47.3 Å². The highest BCUT2D eigenvalue weighted by Gasteiger charge is 2.14. The van der Waals surface area contributed by atoms with Gasteiger partial charge < -0.3 is 4.74 Å². The Kier molecular flexibility index (Phi) is 7.91. The van der Waals surface area contributed by atoms with E-state index in [1.54, 1.807) is 0 Å². The number of benzene rings is 1. The van der Waals surface area contributed by atoms with Crippen LogP contribution >= 0.6 is 0 Å². The van der Waals surface area contributed by atoms with Crippen molar-refractivity contribution in [2.75, 3.05) is 0 Å². The van der Waals surface area contributed by atoms with E-state index in [9.17, 15) is 13.6 Å². The van der Waals surface area contributed by atoms with Crippen LogP contribution in [0.3, 0.4) is 0 Å². The predicted octanol–water partition coefficient (Wildman–Crippen LogP) is 5.36. The summed E-state index contributed by atoms with van der Waals surface area (Å²) < 4.78 is 32.1. The van der Waals surface area contributed by atoms with Crippen molar-refractivity contribution < 1.29 is 18.3 Å². The molecule has 0 aliphatic rings. The number of rotatable bonds is 7. The average molecular weight is 332 g/mol. The van der Waals surface area contributed by atoms with Crippen molar-refractivity contribution >= 4 is 5.97 Å². The van der Waals surface area contributed by atoms with Crippen LogP contribution in [0, 0.1) is 24.1 Å². The number of hydrogen-bond donors (Lipinski definition) is 0. The molecule has 1 atom stereocenters. The van der Waals surface area contributed by atoms with Gasteiger partial charge in [0.2, 0.25) is 0 Å². The Morgan fingerprint density at radius 3 is 2.54 bits per heavy atom. The lowest BCUT2D eigenvalue weighted by atomic mass is 9.95. The number of carbonyl (C=O) groups excluding carboxylic acids is 1. The average Bonchev–Trinajstić information content (AvgIpc) is 2.58. The predicted molar refractivity (Wildman–Crippen MR) is 91.4 cm³/mol. The number of ether oxygens (including phenoxy) is 1. The summed E-state index contributed by atoms with van der Waals surface area (Å²) >= 11 is 0. The Balaban J connectivity index is 2.89. The lowest BCUT2D eigenvalue weighted by Gasteiger charge is -2.10. The summed E-state index contributed by atoms with van der Waals surface area (Å²) in [5, 5.41) is 0. The summed E-state index contributed by atoms with van der Waals surface area (Å²) in [7, 11) is 0. The number of halogens is 2. The first kappa shape index (κ1) is 19.6. The molecule has 0 N–H and O–H groups in total. The van der Waals surface area contributed by atoms with Crippen LogP contribution in [-0.4, -0.2) is 5.97 Å². The van der Waals surface area contributed by atoms with Gasteiger partial charge >= 0.3 is 5.97 Å². The number of unbranched alkanes of at least 4 members (excludes halogenated alkanes) is 1. The molecular formula is C20H22F2O2. The Hall–Kier alpha value is -2.41. The van der Waals surface area contributed by atoms with Crippen molar-refractivity contribution in [2.24, 2.45) is 5.92 Å². The van der Waals surface area contributed by atoms with Crippen molar-refractivity contribution in [1.82, 2.24) is 0 Å². The lowest BCUT2D eigenvalue weighted by Crippen LogP contribution is -2.10. The fourth-order valence-corrected chi connectivity index (χ4v) is 2.02. The van der Waals surface area contributed by atoms with Gasteiger partial charge in [0.05, 0.1) is 5.57 Å². The van der Waals surface area contributed by atoms with Gasteiger partial charge in [0.25, 0.3) is 0 Å². The molecule has 0 saturated carbocycles. The molecule has 24 heavy (non-hydrogen) atoms. The van der Waals surface area contributed by atoms with Gasteiger partial charge in [-0.1, -0.05) is 32.6 Å². The number of allylic oxidation sites excluding steroid dienone is 3. The smallest absolute Gasteiger partial charge is 0.342 e. The number of esters is 1. The van der Waals surface area contributed by atoms with Crippen LogP contribution in [-0.2, 0) is 4.79 Å². The first-order valence-corrected chi connectivity index (χ1v) is 7.91. The zero-order valence-corrected chi connectivity index (χ0v) is 14.2. The largest absolute Gasteiger partial charge is 0.423 e. The molecule has 1 aromatic carbocycles. The Morgan fingerprint density at radius 2 is 2.00 bits per heavy atom. The molecule has 0 heterocycles. The normalized spacial score (nSPS) is 13.8. The lowest BCUT2D eigenvalue weighted by molar-refractivity contribution is -0.130. The Bertz CT molecular complexity index is 664. The van der Waals surface area contributed by atoms with Crippen LogP contribution < -0.4 is 4.74 Å². The second kappa shape index (κ2) is 9.67. The van der Waals surface area contributed by atoms with Crippen LogP contribution in [0.25, 0.3) is 0 Å². The molecule has 1 unspecified atom stereocenters. The van der Waals surface area contributed by atoms with E-state index in [1.165, 1.54) is 25.1 Å². The van der Waals surface area contributed by atoms with E-state index in [2.05, 4.69) is 12.8 Å². The van der Waals surface area contributed by atoms with Gasteiger partial charge in [-0.3, -0.25) is 0 Å². The molecule has 0 aliphatic carbocycles. The van der Waals surface area contributed by atoms with Crippen molar-refractivity contribution in [1.29, 1.82) is 0 Å². The van der Waals surface area contributed by atoms with E-state index in [4.69, 9.17) is 11.2 Å². The highest BCUT2D eigenvalue weighted by molar-refractivity contribution is 5.90. The summed E-state index contributed by atoms with van der Waals surface area (Å²) in [6, 6.07) is 4.91. The van der Waals surface area contributed by atoms with Crippen molar-refractivity contribution in [2.45, 2.75) is 40.0 Å². The van der Waals surface area contributed by atoms with E-state index < -0.39 is 17.6 Å². The molecular weight excluding hydrogens is 310 g/mol. The minimum atomic E-state index is -0.840. The SMILES string of the molecule is C#C/C(=C\C(F)=C(/C)C(=O)Oc1ccc(F)cc1)C(C)CCCC. The van der Waals surface area contributed by atoms with Crippen LogP contribution in [0.1, 0.15) is 40.0 Å². The molecule has 1 aromatic rings. The number of terminal acetylenes is 1. The zero-order chi connectivity index (χ0) is 18.1. The maximum Gasteiger partial charge on any atom is 0.342 e. The van der Waals surface area contributed by atoms with E-state index in [0.717, 1.165) is 31.4 Å². The quantitative estimate of drug-likeness (QED) is 0.221. The van der Waals surface area contributed by atoms with Gasteiger partial charge in [0, 0.05) is 5.57 Å². The molecule has 0 bridgehead atoms. The first-order valence-electron chi connectivity index (χ1n) is 7.91. The number of hydrogen-bond acceptors (Lipinski definition) is 2. The van der Waals surface area contributed by atoms with Gasteiger partial charge in [-0.25, -0.2) is 13.6 Å². The molecule has 0 amide bonds. The topological polar surface area (TPSA) is 26.3 Å². The molecule has 0 radical (unpaired) electrons. The summed E-state index contributed by atoms with van der Waals surface area (Å²) in [5.74, 6) is 0.660. The molecule has 4 heteroatoms. The zero-order valence-electron chi connectivity index (χ0n) is 14.2. The summed E-state index contributed by atoms with van der Waals surface area (Å²) in [5.41, 5.74) is 0.324. The third-order valence-electron chi connectivity index (χ3n) is 3.66. The van der Waals surface area contributed by atoms with E-state index in [0.29, 0.717) is 5.57 Å². The molecule has 0 saturated heterocycles. The standard InChI is InChI=1S/C20H22F2O2/c1-5-7-8-14(3)16(6-2)13-19(22)15(4)20(23)24-18-11-9-17(21)10-12-18/h2,9-14H,5,7-8H2,1,3-4H3/b16-13+,19-15-. The van der Waals surface area contributed by atoms with E-state index >= 15 is 0 Å². The summed E-state index contributed by atoms with van der Waals surface area (Å²) in [6.07, 6.45) is 9.55. The minimum absolute atomic E-state index is 0.0432. The Morgan fingerprint density at radius 1 is 1.38 bits per heavy atom. The maximum absolute atomic E-state index is 14.3. The van der Waals surface area contributed by atoms with Gasteiger partial charge in [0.1, 0.15) is 17.4 Å². The second-order valence-electron chi connectivity index (χ2n) is 5.60. The molecule has 0 aliphatic heterocycles. The second-order valence-corrected chi connectivity index (χ2v) is 5.60. The van der Waals surface area contributed by atoms with Crippen molar-refractivity contribution in [3.63, 3.8) is 0 Å². The highest BCUT2D eigenvalue weighted by atomic mass is 19.1. The van der Waals surface area contributed by atoms with Gasteiger partial charge in [-0.15, -0.1) is 6.42 Å². The monoisotopic (exact) mass is 332 g/mol.